The largest absolute Gasteiger partial charge is 0.493 e. The van der Waals surface area contributed by atoms with Gasteiger partial charge in [-0.3, -0.25) is 9.59 Å². The SMILES string of the molecule is COc1ccccc1OCCN1C(=O)C(O)(CC(C)=O)c2cc(Cl)ccc21. The molecule has 3 rings (SSSR count). The van der Waals surface area contributed by atoms with Crippen LogP contribution in [0.25, 0.3) is 0 Å². The first kappa shape index (κ1) is 19.2. The van der Waals surface area contributed by atoms with E-state index in [1.807, 2.05) is 12.1 Å². The fourth-order valence-electron chi connectivity index (χ4n) is 3.26. The van der Waals surface area contributed by atoms with Gasteiger partial charge in [0.25, 0.3) is 5.91 Å². The predicted molar refractivity (Wildman–Crippen MR) is 101 cm³/mol. The number of aliphatic hydroxyl groups is 1. The molecule has 6 nitrogen and oxygen atoms in total. The molecule has 1 aliphatic heterocycles. The molecule has 0 fully saturated rings. The molecule has 0 saturated carbocycles. The van der Waals surface area contributed by atoms with Gasteiger partial charge in [0.05, 0.1) is 19.3 Å². The van der Waals surface area contributed by atoms with Gasteiger partial charge in [-0.2, -0.15) is 0 Å². The Kier molecular flexibility index (Phi) is 5.39. The van der Waals surface area contributed by atoms with Gasteiger partial charge in [0.1, 0.15) is 12.4 Å². The van der Waals surface area contributed by atoms with E-state index >= 15 is 0 Å². The van der Waals surface area contributed by atoms with Gasteiger partial charge in [-0.15, -0.1) is 0 Å². The lowest BCUT2D eigenvalue weighted by atomic mass is 9.90. The van der Waals surface area contributed by atoms with Crippen molar-refractivity contribution in [1.82, 2.24) is 0 Å². The van der Waals surface area contributed by atoms with Crippen LogP contribution in [0.5, 0.6) is 11.5 Å². The van der Waals surface area contributed by atoms with Crippen molar-refractivity contribution in [2.24, 2.45) is 0 Å². The number of amides is 1. The Labute approximate surface area is 162 Å². The molecule has 0 aromatic heterocycles. The standard InChI is InChI=1S/C20H20ClNO5/c1-13(23)12-20(25)15-11-14(21)7-8-16(15)22(19(20)24)9-10-27-18-6-4-3-5-17(18)26-2/h3-8,11,25H,9-10,12H2,1-2H3. The summed E-state index contributed by atoms with van der Waals surface area (Å²) >= 11 is 6.04. The predicted octanol–water partition coefficient (Wildman–Crippen LogP) is 2.94. The van der Waals surface area contributed by atoms with Gasteiger partial charge in [-0.1, -0.05) is 23.7 Å². The van der Waals surface area contributed by atoms with Crippen molar-refractivity contribution >= 4 is 29.0 Å². The number of anilines is 1. The Hall–Kier alpha value is -2.57. The number of hydrogen-bond acceptors (Lipinski definition) is 5. The second-order valence-corrected chi connectivity index (χ2v) is 6.79. The van der Waals surface area contributed by atoms with Crippen LogP contribution in [0.4, 0.5) is 5.69 Å². The molecule has 0 spiro atoms. The Morgan fingerprint density at radius 1 is 1.22 bits per heavy atom. The molecule has 1 amide bonds. The second-order valence-electron chi connectivity index (χ2n) is 6.36. The zero-order chi connectivity index (χ0) is 19.6. The molecule has 2 aromatic rings. The number of benzene rings is 2. The third-order valence-electron chi connectivity index (χ3n) is 4.44. The molecule has 27 heavy (non-hydrogen) atoms. The van der Waals surface area contributed by atoms with Gasteiger partial charge in [0, 0.05) is 17.0 Å². The number of carbonyl (C=O) groups excluding carboxylic acids is 2. The molecule has 0 bridgehead atoms. The molecule has 0 aliphatic carbocycles. The third-order valence-corrected chi connectivity index (χ3v) is 4.68. The van der Waals surface area contributed by atoms with E-state index in [1.54, 1.807) is 31.4 Å². The number of rotatable bonds is 7. The van der Waals surface area contributed by atoms with Crippen molar-refractivity contribution < 1.29 is 24.2 Å². The van der Waals surface area contributed by atoms with Gasteiger partial charge in [-0.05, 0) is 37.3 Å². The quantitative estimate of drug-likeness (QED) is 0.787. The van der Waals surface area contributed by atoms with Gasteiger partial charge >= 0.3 is 0 Å². The molecule has 1 N–H and O–H groups in total. The summed E-state index contributed by atoms with van der Waals surface area (Å²) in [7, 11) is 1.55. The molecule has 1 unspecified atom stereocenters. The fourth-order valence-corrected chi connectivity index (χ4v) is 3.43. The molecule has 1 aliphatic rings. The molecule has 0 saturated heterocycles. The zero-order valence-electron chi connectivity index (χ0n) is 15.1. The number of nitrogens with zero attached hydrogens (tertiary/aromatic N) is 1. The van der Waals surface area contributed by atoms with E-state index in [4.69, 9.17) is 21.1 Å². The van der Waals surface area contributed by atoms with E-state index in [1.165, 1.54) is 17.9 Å². The average molecular weight is 390 g/mol. The minimum atomic E-state index is -1.91. The molecule has 1 atom stereocenters. The Morgan fingerprint density at radius 2 is 1.93 bits per heavy atom. The van der Waals surface area contributed by atoms with E-state index in [2.05, 4.69) is 0 Å². The summed E-state index contributed by atoms with van der Waals surface area (Å²) in [5.74, 6) is 0.301. The van der Waals surface area contributed by atoms with Gasteiger partial charge in [-0.25, -0.2) is 0 Å². The molecular weight excluding hydrogens is 370 g/mol. The molecule has 7 heteroatoms. The minimum absolute atomic E-state index is 0.185. The van der Waals surface area contributed by atoms with Crippen LogP contribution >= 0.6 is 11.6 Å². The maximum absolute atomic E-state index is 12.9. The van der Waals surface area contributed by atoms with Crippen LogP contribution in [0.15, 0.2) is 42.5 Å². The van der Waals surface area contributed by atoms with Crippen LogP contribution in [-0.2, 0) is 15.2 Å². The fraction of sp³-hybridized carbons (Fsp3) is 0.300. The van der Waals surface area contributed by atoms with E-state index in [9.17, 15) is 14.7 Å². The summed E-state index contributed by atoms with van der Waals surface area (Å²) in [5.41, 5.74) is -1.04. The molecule has 2 aromatic carbocycles. The lowest BCUT2D eigenvalue weighted by Crippen LogP contribution is -2.43. The minimum Gasteiger partial charge on any atom is -0.493 e. The van der Waals surface area contributed by atoms with Crippen molar-refractivity contribution in [2.45, 2.75) is 18.9 Å². The lowest BCUT2D eigenvalue weighted by Gasteiger charge is -2.22. The molecule has 1 heterocycles. The summed E-state index contributed by atoms with van der Waals surface area (Å²) in [6.45, 7) is 1.72. The van der Waals surface area contributed by atoms with Gasteiger partial charge in [0.15, 0.2) is 17.1 Å². The molecule has 142 valence electrons. The van der Waals surface area contributed by atoms with Crippen LogP contribution in [0, 0.1) is 0 Å². The number of methoxy groups -OCH3 is 1. The first-order chi connectivity index (χ1) is 12.9. The Bertz CT molecular complexity index is 884. The highest BCUT2D eigenvalue weighted by molar-refractivity contribution is 6.31. The van der Waals surface area contributed by atoms with E-state index in [0.717, 1.165) is 0 Å². The maximum atomic E-state index is 12.9. The first-order valence-electron chi connectivity index (χ1n) is 8.46. The van der Waals surface area contributed by atoms with E-state index in [0.29, 0.717) is 27.8 Å². The summed E-state index contributed by atoms with van der Waals surface area (Å²) < 4.78 is 11.0. The third kappa shape index (κ3) is 3.63. The number of hydrogen-bond donors (Lipinski definition) is 1. The highest BCUT2D eigenvalue weighted by Gasteiger charge is 2.50. The topological polar surface area (TPSA) is 76.1 Å². The highest BCUT2D eigenvalue weighted by Crippen LogP contribution is 2.43. The van der Waals surface area contributed by atoms with Gasteiger partial charge in [0.2, 0.25) is 0 Å². The van der Waals surface area contributed by atoms with Crippen molar-refractivity contribution in [1.29, 1.82) is 0 Å². The Balaban J connectivity index is 1.82. The number of Topliss-reactive ketones (excluding diaryl/α,β-unsaturated/α-hetero) is 1. The number of fused-ring (bicyclic) bond motifs is 1. The average Bonchev–Trinajstić information content (AvgIpc) is 2.83. The van der Waals surface area contributed by atoms with Crippen LogP contribution in [-0.4, -0.2) is 37.1 Å². The van der Waals surface area contributed by atoms with Crippen molar-refractivity contribution in [2.75, 3.05) is 25.2 Å². The summed E-state index contributed by atoms with van der Waals surface area (Å²) in [6.07, 6.45) is -0.303. The van der Waals surface area contributed by atoms with Crippen molar-refractivity contribution in [3.8, 4) is 11.5 Å². The van der Waals surface area contributed by atoms with Crippen LogP contribution in [0.2, 0.25) is 5.02 Å². The monoisotopic (exact) mass is 389 g/mol. The normalized spacial score (nSPS) is 18.4. The smallest absolute Gasteiger partial charge is 0.264 e. The molecular formula is C20H20ClNO5. The van der Waals surface area contributed by atoms with Gasteiger partial charge < -0.3 is 19.5 Å². The number of halogens is 1. The zero-order valence-corrected chi connectivity index (χ0v) is 15.8. The Morgan fingerprint density at radius 3 is 2.59 bits per heavy atom. The lowest BCUT2D eigenvalue weighted by molar-refractivity contribution is -0.141. The summed E-state index contributed by atoms with van der Waals surface area (Å²) in [6, 6.07) is 12.0. The maximum Gasteiger partial charge on any atom is 0.264 e. The van der Waals surface area contributed by atoms with E-state index in [-0.39, 0.29) is 25.4 Å². The number of carbonyl (C=O) groups is 2. The van der Waals surface area contributed by atoms with Crippen LogP contribution in [0.1, 0.15) is 18.9 Å². The van der Waals surface area contributed by atoms with E-state index < -0.39 is 11.5 Å². The number of ether oxygens (including phenoxy) is 2. The first-order valence-corrected chi connectivity index (χ1v) is 8.84. The molecule has 0 radical (unpaired) electrons. The van der Waals surface area contributed by atoms with Crippen LogP contribution < -0.4 is 14.4 Å². The second kappa shape index (κ2) is 7.58. The summed E-state index contributed by atoms with van der Waals surface area (Å²) in [5, 5.41) is 11.3. The highest BCUT2D eigenvalue weighted by atomic mass is 35.5. The van der Waals surface area contributed by atoms with Crippen molar-refractivity contribution in [3.05, 3.63) is 53.1 Å². The summed E-state index contributed by atoms with van der Waals surface area (Å²) in [4.78, 5) is 25.9. The number of para-hydroxylation sites is 2. The van der Waals surface area contributed by atoms with Crippen LogP contribution in [0.3, 0.4) is 0 Å². The van der Waals surface area contributed by atoms with Crippen molar-refractivity contribution in [3.63, 3.8) is 0 Å². The number of ketones is 1.